The average molecular weight is 314 g/mol. The zero-order valence-corrected chi connectivity index (χ0v) is 13.7. The molecule has 0 saturated carbocycles. The third kappa shape index (κ3) is 9.01. The molecule has 16 heavy (non-hydrogen) atoms. The molecule has 0 radical (unpaired) electrons. The molecule has 0 bridgehead atoms. The van der Waals surface area contributed by atoms with Crippen molar-refractivity contribution in [1.82, 2.24) is 10.2 Å². The van der Waals surface area contributed by atoms with E-state index in [1.54, 1.807) is 20.8 Å². The van der Waals surface area contributed by atoms with Crippen molar-refractivity contribution in [1.29, 1.82) is 0 Å². The molecule has 1 heterocycles. The molecule has 1 rings (SSSR count). The van der Waals surface area contributed by atoms with Gasteiger partial charge in [0.05, 0.1) is 5.15 Å². The summed E-state index contributed by atoms with van der Waals surface area (Å²) in [6.45, 7) is 4.80. The second kappa shape index (κ2) is 7.94. The fraction of sp³-hybridized carbons (Fsp3) is 0.444. The molecule has 0 aromatic carbocycles. The first-order chi connectivity index (χ1) is 6.73. The van der Waals surface area contributed by atoms with E-state index in [9.17, 15) is 9.90 Å². The zero-order valence-electron chi connectivity index (χ0n) is 9.25. The molecule has 1 aromatic heterocycles. The van der Waals surface area contributed by atoms with Gasteiger partial charge in [-0.3, -0.25) is 0 Å². The van der Waals surface area contributed by atoms with Gasteiger partial charge >= 0.3 is 19.5 Å². The van der Waals surface area contributed by atoms with Crippen molar-refractivity contribution in [2.24, 2.45) is 5.41 Å². The summed E-state index contributed by atoms with van der Waals surface area (Å²) >= 11 is 10.7. The minimum atomic E-state index is -1.01. The van der Waals surface area contributed by atoms with Gasteiger partial charge in [0.1, 0.15) is 0 Å². The van der Waals surface area contributed by atoms with Crippen molar-refractivity contribution in [2.45, 2.75) is 20.8 Å². The van der Waals surface area contributed by atoms with E-state index in [1.165, 1.54) is 6.07 Å². The number of nitrogens with zero attached hydrogens (tertiary/aromatic N) is 2. The van der Waals surface area contributed by atoms with Crippen LogP contribution in [-0.4, -0.2) is 16.2 Å². The molecule has 4 nitrogen and oxygen atoms in total. The molecule has 7 heteroatoms. The Morgan fingerprint density at radius 3 is 2.00 bits per heavy atom. The number of carbonyl (C=O) groups is 1. The van der Waals surface area contributed by atoms with E-state index in [-0.39, 0.29) is 24.6 Å². The van der Waals surface area contributed by atoms with Gasteiger partial charge in [0.25, 0.3) is 0 Å². The third-order valence-corrected chi connectivity index (χ3v) is 1.53. The normalized spacial score (nSPS) is 9.56. The quantitative estimate of drug-likeness (QED) is 0.536. The SMILES string of the molecule is CC(C)(C)C(=O)[O-].Clc1[c-]cc(Cl)nn1.[Zn+2]. The molecular weight excluding hydrogens is 304 g/mol. The standard InChI is InChI=1S/C5H10O2.C4HCl2N2.Zn/c1-5(2,3)4(6)7;5-3-1-2-4(6)8-7-3;/h1-3H3,(H,6,7);1H;/q;-1;+2/p-1. The first kappa shape index (κ1) is 18.1. The van der Waals surface area contributed by atoms with Crippen molar-refractivity contribution in [2.75, 3.05) is 0 Å². The van der Waals surface area contributed by atoms with Crippen LogP contribution >= 0.6 is 23.2 Å². The van der Waals surface area contributed by atoms with Gasteiger partial charge in [-0.05, 0) is 5.15 Å². The minimum Gasteiger partial charge on any atom is -0.550 e. The van der Waals surface area contributed by atoms with Gasteiger partial charge in [-0.25, -0.2) is 11.2 Å². The Balaban J connectivity index is 0. The van der Waals surface area contributed by atoms with Gasteiger partial charge in [0, 0.05) is 11.4 Å². The van der Waals surface area contributed by atoms with Crippen LogP contribution in [0.5, 0.6) is 0 Å². The van der Waals surface area contributed by atoms with Gasteiger partial charge in [0.15, 0.2) is 0 Å². The van der Waals surface area contributed by atoms with Gasteiger partial charge in [0.2, 0.25) is 0 Å². The van der Waals surface area contributed by atoms with Crippen molar-refractivity contribution in [3.8, 4) is 0 Å². The van der Waals surface area contributed by atoms with Gasteiger partial charge in [-0.1, -0.05) is 32.4 Å². The Morgan fingerprint density at radius 2 is 1.81 bits per heavy atom. The fourth-order valence-corrected chi connectivity index (χ4v) is 0.453. The fourth-order valence-electron chi connectivity index (χ4n) is 0.269. The van der Waals surface area contributed by atoms with Crippen LogP contribution in [0.4, 0.5) is 0 Å². The number of hydrogen-bond donors (Lipinski definition) is 0. The summed E-state index contributed by atoms with van der Waals surface area (Å²) < 4.78 is 0. The predicted molar refractivity (Wildman–Crippen MR) is 55.4 cm³/mol. The number of carboxylic acid groups (broad SMARTS) is 1. The van der Waals surface area contributed by atoms with Crippen molar-refractivity contribution >= 4 is 29.2 Å². The van der Waals surface area contributed by atoms with Crippen LogP contribution in [0.15, 0.2) is 6.07 Å². The summed E-state index contributed by atoms with van der Waals surface area (Å²) in [6.07, 6.45) is 0. The van der Waals surface area contributed by atoms with Gasteiger partial charge < -0.3 is 9.90 Å². The number of aliphatic carboxylic acids is 1. The monoisotopic (exact) mass is 312 g/mol. The smallest absolute Gasteiger partial charge is 0.550 e. The minimum absolute atomic E-state index is 0. The molecular formula is C9H10Cl2N2O2Zn. The molecule has 0 atom stereocenters. The van der Waals surface area contributed by atoms with Crippen LogP contribution in [0.2, 0.25) is 10.3 Å². The van der Waals surface area contributed by atoms with E-state index in [2.05, 4.69) is 16.3 Å². The third-order valence-electron chi connectivity index (χ3n) is 1.16. The Bertz CT molecular complexity index is 304. The summed E-state index contributed by atoms with van der Waals surface area (Å²) in [5.74, 6) is -1.01. The summed E-state index contributed by atoms with van der Waals surface area (Å²) in [5.41, 5.74) is -0.694. The second-order valence-electron chi connectivity index (χ2n) is 3.64. The van der Waals surface area contributed by atoms with E-state index >= 15 is 0 Å². The van der Waals surface area contributed by atoms with Crippen molar-refractivity contribution in [3.63, 3.8) is 0 Å². The van der Waals surface area contributed by atoms with Crippen LogP contribution in [0.3, 0.4) is 0 Å². The molecule has 0 aliphatic carbocycles. The van der Waals surface area contributed by atoms with Crippen molar-refractivity contribution < 1.29 is 29.4 Å². The molecule has 0 fully saturated rings. The largest absolute Gasteiger partial charge is 2.00 e. The number of aromatic nitrogens is 2. The first-order valence-corrected chi connectivity index (χ1v) is 4.77. The molecule has 1 aromatic rings. The molecule has 0 N–H and O–H groups in total. The number of hydrogen-bond acceptors (Lipinski definition) is 4. The zero-order chi connectivity index (χ0) is 12.1. The maximum absolute atomic E-state index is 9.91. The Morgan fingerprint density at radius 1 is 1.38 bits per heavy atom. The Kier molecular flexibility index (Phi) is 8.99. The first-order valence-electron chi connectivity index (χ1n) is 4.01. The molecule has 0 amide bonds. The van der Waals surface area contributed by atoms with E-state index in [1.807, 2.05) is 0 Å². The van der Waals surface area contributed by atoms with E-state index in [4.69, 9.17) is 23.2 Å². The summed E-state index contributed by atoms with van der Waals surface area (Å²) in [4.78, 5) is 9.91. The molecule has 84 valence electrons. The molecule has 0 unspecified atom stereocenters. The molecule has 0 aliphatic rings. The van der Waals surface area contributed by atoms with E-state index in [0.29, 0.717) is 5.15 Å². The van der Waals surface area contributed by atoms with Crippen molar-refractivity contribution in [3.05, 3.63) is 22.4 Å². The average Bonchev–Trinajstić information content (AvgIpc) is 2.09. The molecule has 0 saturated heterocycles. The summed E-state index contributed by atoms with van der Waals surface area (Å²) in [5, 5.41) is 17.3. The van der Waals surface area contributed by atoms with Crippen LogP contribution in [0, 0.1) is 11.5 Å². The van der Waals surface area contributed by atoms with Gasteiger partial charge in [-0.15, -0.1) is 0 Å². The Labute approximate surface area is 117 Å². The van der Waals surface area contributed by atoms with Gasteiger partial charge in [-0.2, -0.15) is 22.8 Å². The second-order valence-corrected chi connectivity index (χ2v) is 4.38. The maximum atomic E-state index is 9.91. The van der Waals surface area contributed by atoms with E-state index < -0.39 is 11.4 Å². The van der Waals surface area contributed by atoms with Crippen LogP contribution in [-0.2, 0) is 24.3 Å². The predicted octanol–water partition coefficient (Wildman–Crippen LogP) is 1.36. The molecule has 0 spiro atoms. The maximum Gasteiger partial charge on any atom is 2.00 e. The number of halogens is 2. The van der Waals surface area contributed by atoms with Crippen LogP contribution in [0.25, 0.3) is 0 Å². The number of carbonyl (C=O) groups excluding carboxylic acids is 1. The molecule has 0 aliphatic heterocycles. The number of rotatable bonds is 0. The number of carboxylic acids is 1. The topological polar surface area (TPSA) is 65.9 Å². The van der Waals surface area contributed by atoms with Crippen LogP contribution in [0.1, 0.15) is 20.8 Å². The van der Waals surface area contributed by atoms with E-state index in [0.717, 1.165) is 0 Å². The summed E-state index contributed by atoms with van der Waals surface area (Å²) in [6, 6.07) is 4.01. The van der Waals surface area contributed by atoms with Crippen LogP contribution < -0.4 is 5.11 Å². The summed E-state index contributed by atoms with van der Waals surface area (Å²) in [7, 11) is 0. The Hall–Kier alpha value is -0.247.